The second kappa shape index (κ2) is 9.04. The maximum atomic E-state index is 14.5. The lowest BCUT2D eigenvalue weighted by atomic mass is 9.75. The molecule has 2 fully saturated rings. The molecule has 0 aromatic heterocycles. The molecule has 1 amide bonds. The molecule has 0 spiro atoms. The van der Waals surface area contributed by atoms with Gasteiger partial charge in [-0.1, -0.05) is 30.3 Å². The van der Waals surface area contributed by atoms with Crippen molar-refractivity contribution in [3.8, 4) is 5.75 Å². The van der Waals surface area contributed by atoms with Crippen LogP contribution >= 0.6 is 0 Å². The third kappa shape index (κ3) is 4.27. The summed E-state index contributed by atoms with van der Waals surface area (Å²) < 4.78 is 38.8. The number of fused-ring (bicyclic) bond motifs is 2. The fourth-order valence-electron chi connectivity index (χ4n) is 4.79. The number of hydrogen-bond donors (Lipinski definition) is 0. The predicted molar refractivity (Wildman–Crippen MR) is 110 cm³/mol. The van der Waals surface area contributed by atoms with Crippen LogP contribution in [0.25, 0.3) is 0 Å². The van der Waals surface area contributed by atoms with Crippen LogP contribution < -0.4 is 4.74 Å². The summed E-state index contributed by atoms with van der Waals surface area (Å²) in [6.45, 7) is 0.189. The van der Waals surface area contributed by atoms with Crippen LogP contribution in [0.1, 0.15) is 48.0 Å². The number of halogens is 2. The Bertz CT molecular complexity index is 952. The number of benzene rings is 2. The van der Waals surface area contributed by atoms with Gasteiger partial charge in [-0.25, -0.2) is 9.18 Å². The van der Waals surface area contributed by atoms with E-state index in [-0.39, 0.29) is 36.1 Å². The van der Waals surface area contributed by atoms with Gasteiger partial charge in [-0.3, -0.25) is 4.79 Å². The molecule has 0 saturated carbocycles. The van der Waals surface area contributed by atoms with Crippen molar-refractivity contribution in [1.82, 2.24) is 4.90 Å². The highest BCUT2D eigenvalue weighted by Gasteiger charge is 2.44. The molecule has 0 radical (unpaired) electrons. The summed E-state index contributed by atoms with van der Waals surface area (Å²) in [7, 11) is 1.24. The number of amides is 1. The molecule has 2 heterocycles. The van der Waals surface area contributed by atoms with Gasteiger partial charge in [0, 0.05) is 18.0 Å². The van der Waals surface area contributed by atoms with Crippen molar-refractivity contribution >= 4 is 11.9 Å². The van der Waals surface area contributed by atoms with Crippen molar-refractivity contribution in [1.29, 1.82) is 0 Å². The quantitative estimate of drug-likeness (QED) is 0.619. The van der Waals surface area contributed by atoms with Crippen molar-refractivity contribution in [3.63, 3.8) is 0 Å². The lowest BCUT2D eigenvalue weighted by Gasteiger charge is -2.47. The van der Waals surface area contributed by atoms with Crippen LogP contribution in [-0.2, 0) is 11.3 Å². The Morgan fingerprint density at radius 3 is 2.32 bits per heavy atom. The maximum absolute atomic E-state index is 14.5. The molecule has 31 heavy (non-hydrogen) atoms. The van der Waals surface area contributed by atoms with Crippen LogP contribution in [0.15, 0.2) is 42.5 Å². The number of methoxy groups -OCH3 is 1. The zero-order valence-electron chi connectivity index (χ0n) is 17.4. The first-order chi connectivity index (χ1) is 15.0. The van der Waals surface area contributed by atoms with Gasteiger partial charge in [0.25, 0.3) is 0 Å². The minimum absolute atomic E-state index is 0.143. The van der Waals surface area contributed by atoms with E-state index < -0.39 is 23.3 Å². The molecule has 2 atom stereocenters. The van der Waals surface area contributed by atoms with E-state index >= 15 is 0 Å². The number of rotatable bonds is 5. The van der Waals surface area contributed by atoms with E-state index in [1.165, 1.54) is 19.2 Å². The molecular formula is C24H25F2NO4. The summed E-state index contributed by atoms with van der Waals surface area (Å²) in [6.07, 6.45) is 2.95. The topological polar surface area (TPSA) is 55.8 Å². The van der Waals surface area contributed by atoms with Crippen molar-refractivity contribution < 1.29 is 27.8 Å². The third-order valence-electron chi connectivity index (χ3n) is 6.29. The number of carbonyl (C=O) groups is 2. The highest BCUT2D eigenvalue weighted by atomic mass is 19.2. The standard InChI is InChI=1S/C24H25F2NO4/c1-30-20-11-10-19(21(25)22(20)26)23(28)16-12-17-8-5-9-18(13-16)27(17)24(29)31-14-15-6-3-2-4-7-15/h2-4,6-7,10-11,16-18H,5,8-9,12-14H2,1H3. The average molecular weight is 429 g/mol. The average Bonchev–Trinajstić information content (AvgIpc) is 2.78. The highest BCUT2D eigenvalue weighted by Crippen LogP contribution is 2.39. The summed E-state index contributed by atoms with van der Waals surface area (Å²) in [5, 5.41) is 0. The Hall–Kier alpha value is -2.96. The molecule has 5 nitrogen and oxygen atoms in total. The Kier molecular flexibility index (Phi) is 6.20. The van der Waals surface area contributed by atoms with Crippen molar-refractivity contribution in [2.75, 3.05) is 7.11 Å². The van der Waals surface area contributed by atoms with Crippen molar-refractivity contribution in [2.45, 2.75) is 50.8 Å². The van der Waals surface area contributed by atoms with E-state index in [0.717, 1.165) is 24.8 Å². The zero-order chi connectivity index (χ0) is 22.0. The Morgan fingerprint density at radius 1 is 1.00 bits per heavy atom. The number of ether oxygens (including phenoxy) is 2. The first-order valence-electron chi connectivity index (χ1n) is 10.5. The van der Waals surface area contributed by atoms with Gasteiger partial charge in [0.15, 0.2) is 17.3 Å². The lowest BCUT2D eigenvalue weighted by Crippen LogP contribution is -2.55. The molecule has 2 aliphatic heterocycles. The van der Waals surface area contributed by atoms with Crippen LogP contribution in [0.3, 0.4) is 0 Å². The summed E-state index contributed by atoms with van der Waals surface area (Å²) in [4.78, 5) is 27.6. The zero-order valence-corrected chi connectivity index (χ0v) is 17.4. The lowest BCUT2D eigenvalue weighted by molar-refractivity contribution is 0.00463. The summed E-state index contributed by atoms with van der Waals surface area (Å²) >= 11 is 0. The van der Waals surface area contributed by atoms with Crippen LogP contribution in [0.4, 0.5) is 13.6 Å². The van der Waals surface area contributed by atoms with E-state index in [4.69, 9.17) is 9.47 Å². The molecule has 2 aromatic rings. The van der Waals surface area contributed by atoms with E-state index in [1.54, 1.807) is 4.90 Å². The Balaban J connectivity index is 1.46. The minimum atomic E-state index is -1.18. The normalized spacial score (nSPS) is 22.7. The van der Waals surface area contributed by atoms with Gasteiger partial charge in [0.1, 0.15) is 6.61 Å². The smallest absolute Gasteiger partial charge is 0.410 e. The molecule has 0 aliphatic carbocycles. The molecule has 0 N–H and O–H groups in total. The molecule has 2 bridgehead atoms. The van der Waals surface area contributed by atoms with Crippen LogP contribution in [0.2, 0.25) is 0 Å². The van der Waals surface area contributed by atoms with Crippen LogP contribution in [-0.4, -0.2) is 36.0 Å². The molecule has 7 heteroatoms. The largest absolute Gasteiger partial charge is 0.494 e. The van der Waals surface area contributed by atoms with Crippen molar-refractivity contribution in [3.05, 3.63) is 65.2 Å². The second-order valence-electron chi connectivity index (χ2n) is 8.16. The Morgan fingerprint density at radius 2 is 1.68 bits per heavy atom. The van der Waals surface area contributed by atoms with Gasteiger partial charge in [-0.15, -0.1) is 0 Å². The fourth-order valence-corrected chi connectivity index (χ4v) is 4.79. The molecule has 164 valence electrons. The van der Waals surface area contributed by atoms with Gasteiger partial charge >= 0.3 is 6.09 Å². The molecular weight excluding hydrogens is 404 g/mol. The van der Waals surface area contributed by atoms with Crippen LogP contribution in [0, 0.1) is 17.6 Å². The monoisotopic (exact) mass is 429 g/mol. The SMILES string of the molecule is COc1ccc(C(=O)C2CC3CCCC(C2)N3C(=O)OCc2ccccc2)c(F)c1F. The number of hydrogen-bond acceptors (Lipinski definition) is 4. The molecule has 4 rings (SSSR count). The number of ketones is 1. The molecule has 2 aliphatic rings. The first-order valence-corrected chi connectivity index (χ1v) is 10.5. The Labute approximate surface area is 179 Å². The predicted octanol–water partition coefficient (Wildman–Crippen LogP) is 5.13. The number of Topliss-reactive ketones (excluding diaryl/α,β-unsaturated/α-hetero) is 1. The van der Waals surface area contributed by atoms with E-state index in [0.29, 0.717) is 12.8 Å². The van der Waals surface area contributed by atoms with Gasteiger partial charge in [0.2, 0.25) is 5.82 Å². The fraction of sp³-hybridized carbons (Fsp3) is 0.417. The summed E-state index contributed by atoms with van der Waals surface area (Å²) in [6, 6.07) is 11.7. The van der Waals surface area contributed by atoms with E-state index in [1.807, 2.05) is 30.3 Å². The van der Waals surface area contributed by atoms with Crippen molar-refractivity contribution in [2.24, 2.45) is 5.92 Å². The number of nitrogens with zero attached hydrogens (tertiary/aromatic N) is 1. The maximum Gasteiger partial charge on any atom is 0.410 e. The first kappa shape index (κ1) is 21.3. The minimum Gasteiger partial charge on any atom is -0.494 e. The highest BCUT2D eigenvalue weighted by molar-refractivity contribution is 5.98. The van der Waals surface area contributed by atoms with E-state index in [9.17, 15) is 18.4 Å². The van der Waals surface area contributed by atoms with Gasteiger partial charge in [-0.2, -0.15) is 4.39 Å². The van der Waals surface area contributed by atoms with Crippen LogP contribution in [0.5, 0.6) is 5.75 Å². The van der Waals surface area contributed by atoms with Gasteiger partial charge < -0.3 is 14.4 Å². The number of piperidine rings is 2. The van der Waals surface area contributed by atoms with E-state index in [2.05, 4.69) is 0 Å². The molecule has 2 saturated heterocycles. The summed E-state index contributed by atoms with van der Waals surface area (Å²) in [5.41, 5.74) is 0.643. The number of carbonyl (C=O) groups excluding carboxylic acids is 2. The molecule has 2 unspecified atom stereocenters. The van der Waals surface area contributed by atoms with Gasteiger partial charge in [0.05, 0.1) is 12.7 Å². The molecule has 2 aromatic carbocycles. The second-order valence-corrected chi connectivity index (χ2v) is 8.16. The van der Waals surface area contributed by atoms with Gasteiger partial charge in [-0.05, 0) is 49.8 Å². The summed E-state index contributed by atoms with van der Waals surface area (Å²) in [5.74, 6) is -3.46. The third-order valence-corrected chi connectivity index (χ3v) is 6.29.